The van der Waals surface area contributed by atoms with Gasteiger partial charge in [0.1, 0.15) is 0 Å². The molecule has 0 aliphatic carbocycles. The number of nitrogens with zero attached hydrogens (tertiary/aromatic N) is 1. The Bertz CT molecular complexity index is 95.2. The Hall–Kier alpha value is -0.432. The van der Waals surface area contributed by atoms with E-state index in [9.17, 15) is 0 Å². The summed E-state index contributed by atoms with van der Waals surface area (Å²) in [6.07, 6.45) is 3.81. The van der Waals surface area contributed by atoms with Crippen LogP contribution in [0.15, 0.2) is 12.2 Å². The summed E-state index contributed by atoms with van der Waals surface area (Å²) in [4.78, 5) is 8.31. The van der Waals surface area contributed by atoms with Gasteiger partial charge in [0, 0.05) is 4.92 Å². The van der Waals surface area contributed by atoms with E-state index < -0.39 is 4.92 Å². The third kappa shape index (κ3) is 2170. The van der Waals surface area contributed by atoms with Crippen molar-refractivity contribution in [1.29, 1.82) is 0 Å². The van der Waals surface area contributed by atoms with Crippen molar-refractivity contribution in [3.05, 3.63) is 35.4 Å². The molecule has 70 valence electrons. The zero-order chi connectivity index (χ0) is 9.70. The summed E-state index contributed by atoms with van der Waals surface area (Å²) in [6, 6.07) is 0. The Morgan fingerprint density at radius 3 is 1.42 bits per heavy atom. The Labute approximate surface area is 89.0 Å². The molecule has 0 unspecified atom stereocenters. The van der Waals surface area contributed by atoms with Gasteiger partial charge >= 0.3 is 21.1 Å². The Morgan fingerprint density at radius 2 is 1.42 bits per heavy atom. The quantitative estimate of drug-likeness (QED) is 0.318. The van der Waals surface area contributed by atoms with Crippen molar-refractivity contribution in [2.45, 2.75) is 20.3 Å². The summed E-state index contributed by atoms with van der Waals surface area (Å²) in [5, 5.41) is 8.81. The minimum atomic E-state index is -0.500. The predicted octanol–water partition coefficient (Wildman–Crippen LogP) is 2.27. The van der Waals surface area contributed by atoms with Gasteiger partial charge in [0.15, 0.2) is 7.05 Å². The first-order valence-electron chi connectivity index (χ1n) is 3.23. The molecule has 0 spiro atoms. The van der Waals surface area contributed by atoms with Crippen LogP contribution >= 0.6 is 0 Å². The molecule has 12 heavy (non-hydrogen) atoms. The molecule has 0 N–H and O–H groups in total. The minimum absolute atomic E-state index is 0. The number of allylic oxidation sites excluding steroid dienone is 2. The van der Waals surface area contributed by atoms with Crippen molar-refractivity contribution in [2.75, 3.05) is 7.05 Å². The molecule has 4 heteroatoms. The molecule has 0 bridgehead atoms. The van der Waals surface area contributed by atoms with Gasteiger partial charge in [-0.2, -0.15) is 0 Å². The van der Waals surface area contributed by atoms with Crippen LogP contribution in [0, 0.1) is 23.3 Å². The number of nitro groups is 1. The first-order chi connectivity index (χ1) is 5.06. The fourth-order valence-electron chi connectivity index (χ4n) is 0. The van der Waals surface area contributed by atoms with Gasteiger partial charge in [-0.1, -0.05) is 20.3 Å². The van der Waals surface area contributed by atoms with Crippen LogP contribution in [0.5, 0.6) is 0 Å². The molecular formula is C8H15NO2W. The van der Waals surface area contributed by atoms with Gasteiger partial charge in [0.2, 0.25) is 0 Å². The predicted molar refractivity (Wildman–Crippen MR) is 46.6 cm³/mol. The first kappa shape index (κ1) is 22.6. The summed E-state index contributed by atoms with van der Waals surface area (Å²) < 4.78 is 0. The maximum Gasteiger partial charge on any atom is 2.00 e. The molecule has 0 aliphatic rings. The van der Waals surface area contributed by atoms with Gasteiger partial charge in [-0.3, -0.25) is 10.1 Å². The zero-order valence-corrected chi connectivity index (χ0v) is 10.6. The van der Waals surface area contributed by atoms with Crippen molar-refractivity contribution < 1.29 is 26.0 Å². The van der Waals surface area contributed by atoms with Gasteiger partial charge in [-0.05, 0) is 0 Å². The SMILES string of the molecule is CCC.C[N+](=O)[O-].[CH-]=CC=[CH-].[W+2]. The molecule has 0 fully saturated rings. The summed E-state index contributed by atoms with van der Waals surface area (Å²) >= 11 is 0. The van der Waals surface area contributed by atoms with E-state index in [0.29, 0.717) is 0 Å². The monoisotopic (exact) mass is 341 g/mol. The Balaban J connectivity index is -0.0000000389. The molecule has 0 saturated heterocycles. The second kappa shape index (κ2) is 31.2. The van der Waals surface area contributed by atoms with E-state index in [2.05, 4.69) is 13.8 Å². The van der Waals surface area contributed by atoms with Gasteiger partial charge in [0.05, 0.1) is 0 Å². The molecule has 0 atom stereocenters. The van der Waals surface area contributed by atoms with Crippen LogP contribution in [0.2, 0.25) is 0 Å². The molecule has 0 aliphatic heterocycles. The van der Waals surface area contributed by atoms with Crippen LogP contribution in [-0.2, 0) is 21.1 Å². The first-order valence-corrected chi connectivity index (χ1v) is 3.23. The van der Waals surface area contributed by atoms with E-state index in [0.717, 1.165) is 7.05 Å². The smallest absolute Gasteiger partial charge is 0.394 e. The van der Waals surface area contributed by atoms with Gasteiger partial charge in [0.25, 0.3) is 0 Å². The molecule has 0 heterocycles. The van der Waals surface area contributed by atoms with Crippen LogP contribution in [0.1, 0.15) is 20.3 Å². The molecule has 0 aromatic carbocycles. The Morgan fingerprint density at radius 1 is 1.33 bits per heavy atom. The molecule has 0 aromatic heterocycles. The van der Waals surface area contributed by atoms with Gasteiger partial charge in [-0.15, -0.1) is 0 Å². The van der Waals surface area contributed by atoms with Gasteiger partial charge < -0.3 is 25.3 Å². The average molecular weight is 341 g/mol. The standard InChI is InChI=1S/C4H4.C3H8.CH3NO2.W/c1-3-4-2;1-3-2;1-2(3)4;/h1-4H;3H2,1-2H3;1H3;/q-2;;;+2. The summed E-state index contributed by atoms with van der Waals surface area (Å²) in [5.74, 6) is 0. The van der Waals surface area contributed by atoms with Gasteiger partial charge in [-0.25, -0.2) is 0 Å². The summed E-state index contributed by atoms with van der Waals surface area (Å²) in [6.45, 7) is 13.7. The molecule has 0 rings (SSSR count). The van der Waals surface area contributed by atoms with E-state index in [4.69, 9.17) is 23.3 Å². The third-order valence-electron chi connectivity index (χ3n) is 0.111. The van der Waals surface area contributed by atoms with Crippen molar-refractivity contribution in [3.8, 4) is 0 Å². The number of hydrogen-bond acceptors (Lipinski definition) is 2. The van der Waals surface area contributed by atoms with Crippen molar-refractivity contribution >= 4 is 0 Å². The molecular weight excluding hydrogens is 326 g/mol. The third-order valence-corrected chi connectivity index (χ3v) is 0.111. The molecule has 3 nitrogen and oxygen atoms in total. The Kier molecular flexibility index (Phi) is 58.7. The molecule has 0 amide bonds. The molecule has 0 saturated carbocycles. The van der Waals surface area contributed by atoms with Crippen LogP contribution in [-0.4, -0.2) is 12.0 Å². The normalized spacial score (nSPS) is 5.25. The van der Waals surface area contributed by atoms with Crippen molar-refractivity contribution in [2.24, 2.45) is 0 Å². The maximum atomic E-state index is 8.81. The fourth-order valence-corrected chi connectivity index (χ4v) is 0. The number of rotatable bonds is 1. The van der Waals surface area contributed by atoms with Crippen LogP contribution < -0.4 is 0 Å². The summed E-state index contributed by atoms with van der Waals surface area (Å²) in [5.41, 5.74) is 0. The van der Waals surface area contributed by atoms with Crippen LogP contribution in [0.3, 0.4) is 0 Å². The second-order valence-corrected chi connectivity index (χ2v) is 1.53. The van der Waals surface area contributed by atoms with E-state index in [1.165, 1.54) is 18.6 Å². The largest absolute Gasteiger partial charge is 2.00 e. The van der Waals surface area contributed by atoms with E-state index >= 15 is 0 Å². The molecule has 0 aromatic rings. The molecule has 0 radical (unpaired) electrons. The van der Waals surface area contributed by atoms with E-state index in [-0.39, 0.29) is 21.1 Å². The maximum absolute atomic E-state index is 8.81. The number of hydrogen-bond donors (Lipinski definition) is 0. The second-order valence-electron chi connectivity index (χ2n) is 1.53. The van der Waals surface area contributed by atoms with Crippen molar-refractivity contribution in [1.82, 2.24) is 0 Å². The topological polar surface area (TPSA) is 43.1 Å². The van der Waals surface area contributed by atoms with Crippen LogP contribution in [0.25, 0.3) is 0 Å². The van der Waals surface area contributed by atoms with Crippen molar-refractivity contribution in [3.63, 3.8) is 0 Å². The van der Waals surface area contributed by atoms with E-state index in [1.54, 1.807) is 0 Å². The average Bonchev–Trinajstić information content (AvgIpc) is 1.88. The van der Waals surface area contributed by atoms with Crippen LogP contribution in [0.4, 0.5) is 0 Å². The summed E-state index contributed by atoms with van der Waals surface area (Å²) in [7, 11) is 0.889. The fraction of sp³-hybridized carbons (Fsp3) is 0.500. The zero-order valence-electron chi connectivity index (χ0n) is 7.69. The van der Waals surface area contributed by atoms with E-state index in [1.807, 2.05) is 0 Å². The minimum Gasteiger partial charge on any atom is -0.394 e.